The van der Waals surface area contributed by atoms with E-state index in [2.05, 4.69) is 20.6 Å². The van der Waals surface area contributed by atoms with Crippen LogP contribution in [0.2, 0.25) is 0 Å². The van der Waals surface area contributed by atoms with Gasteiger partial charge in [-0.25, -0.2) is 0 Å². The van der Waals surface area contributed by atoms with E-state index in [1.54, 1.807) is 7.05 Å². The van der Waals surface area contributed by atoms with E-state index in [-0.39, 0.29) is 0 Å². The number of aliphatic imine (C=N–C) groups is 2. The fourth-order valence-electron chi connectivity index (χ4n) is 1.22. The molecule has 0 spiro atoms. The average Bonchev–Trinajstić information content (AvgIpc) is 2.25. The van der Waals surface area contributed by atoms with Crippen molar-refractivity contribution >= 4 is 11.9 Å². The molecule has 0 radical (unpaired) electrons. The van der Waals surface area contributed by atoms with Gasteiger partial charge in [-0.2, -0.15) is 0 Å². The van der Waals surface area contributed by atoms with Gasteiger partial charge in [-0.1, -0.05) is 0 Å². The highest BCUT2D eigenvalue weighted by molar-refractivity contribution is 6.30. The van der Waals surface area contributed by atoms with E-state index in [1.807, 2.05) is 20.3 Å². The van der Waals surface area contributed by atoms with Crippen molar-refractivity contribution in [1.29, 1.82) is 0 Å². The molecule has 0 aromatic carbocycles. The maximum atomic E-state index is 4.52. The molecule has 0 aliphatic rings. The molecule has 88 valence electrons. The third-order valence-electron chi connectivity index (χ3n) is 2.06. The zero-order valence-corrected chi connectivity index (χ0v) is 10.2. The first-order chi connectivity index (χ1) is 7.35. The molecule has 0 aliphatic heterocycles. The molecule has 0 bridgehead atoms. The van der Waals surface area contributed by atoms with Gasteiger partial charge in [0.25, 0.3) is 0 Å². The predicted molar refractivity (Wildman–Crippen MR) is 68.4 cm³/mol. The number of nitrogens with one attached hydrogen (secondary N) is 2. The van der Waals surface area contributed by atoms with E-state index in [4.69, 9.17) is 0 Å². The summed E-state index contributed by atoms with van der Waals surface area (Å²) in [6.07, 6.45) is 5.14. The van der Waals surface area contributed by atoms with Crippen LogP contribution in [-0.2, 0) is 0 Å². The highest BCUT2D eigenvalue weighted by atomic mass is 14.8. The van der Waals surface area contributed by atoms with Crippen LogP contribution in [-0.4, -0.2) is 52.7 Å². The predicted octanol–water partition coefficient (Wildman–Crippen LogP) is 0.737. The smallest absolute Gasteiger partial charge is 0.0538 e. The lowest BCUT2D eigenvalue weighted by atomic mass is 10.2. The van der Waals surface area contributed by atoms with Crippen molar-refractivity contribution in [1.82, 2.24) is 10.6 Å². The lowest BCUT2D eigenvalue weighted by Crippen LogP contribution is -2.14. The minimum absolute atomic E-state index is 0.909. The summed E-state index contributed by atoms with van der Waals surface area (Å²) in [6, 6.07) is 0. The van der Waals surface area contributed by atoms with Crippen LogP contribution in [0.1, 0.15) is 19.3 Å². The van der Waals surface area contributed by atoms with Crippen LogP contribution in [0.25, 0.3) is 0 Å². The van der Waals surface area contributed by atoms with Gasteiger partial charge in [0.2, 0.25) is 0 Å². The summed E-state index contributed by atoms with van der Waals surface area (Å²) in [5.41, 5.74) is 1.09. The van der Waals surface area contributed by atoms with Crippen molar-refractivity contribution in [2.24, 2.45) is 9.98 Å². The topological polar surface area (TPSA) is 48.8 Å². The van der Waals surface area contributed by atoms with Gasteiger partial charge in [0.15, 0.2) is 0 Å². The van der Waals surface area contributed by atoms with Crippen LogP contribution < -0.4 is 10.6 Å². The van der Waals surface area contributed by atoms with E-state index in [0.29, 0.717) is 0 Å². The first-order valence-corrected chi connectivity index (χ1v) is 5.59. The Hall–Kier alpha value is -0.740. The average molecular weight is 212 g/mol. The fourth-order valence-corrected chi connectivity index (χ4v) is 1.22. The van der Waals surface area contributed by atoms with Crippen LogP contribution in [0.5, 0.6) is 0 Å². The zero-order chi connectivity index (χ0) is 11.4. The molecule has 0 fully saturated rings. The third-order valence-corrected chi connectivity index (χ3v) is 2.06. The van der Waals surface area contributed by atoms with Crippen molar-refractivity contribution < 1.29 is 0 Å². The van der Waals surface area contributed by atoms with Gasteiger partial charge in [-0.15, -0.1) is 0 Å². The van der Waals surface area contributed by atoms with E-state index < -0.39 is 0 Å². The zero-order valence-electron chi connectivity index (χ0n) is 10.2. The molecule has 15 heavy (non-hydrogen) atoms. The first kappa shape index (κ1) is 14.3. The van der Waals surface area contributed by atoms with Crippen LogP contribution in [0.15, 0.2) is 9.98 Å². The largest absolute Gasteiger partial charge is 0.320 e. The second kappa shape index (κ2) is 11.3. The van der Waals surface area contributed by atoms with E-state index in [9.17, 15) is 0 Å². The maximum absolute atomic E-state index is 4.52. The molecular weight excluding hydrogens is 188 g/mol. The third kappa shape index (κ3) is 9.56. The Morgan fingerprint density at radius 2 is 1.87 bits per heavy atom. The quantitative estimate of drug-likeness (QED) is 0.437. The van der Waals surface area contributed by atoms with Crippen LogP contribution in [0, 0.1) is 0 Å². The number of unbranched alkanes of at least 4 members (excludes halogenated alkanes) is 1. The van der Waals surface area contributed by atoms with E-state index in [1.165, 1.54) is 6.42 Å². The molecule has 2 N–H and O–H groups in total. The molecule has 0 saturated carbocycles. The van der Waals surface area contributed by atoms with Gasteiger partial charge in [0.05, 0.1) is 5.71 Å². The molecule has 0 saturated heterocycles. The Balaban J connectivity index is 3.73. The Kier molecular flexibility index (Phi) is 10.8. The molecule has 0 aromatic heterocycles. The van der Waals surface area contributed by atoms with Gasteiger partial charge < -0.3 is 10.6 Å². The van der Waals surface area contributed by atoms with Gasteiger partial charge in [0.1, 0.15) is 0 Å². The summed E-state index contributed by atoms with van der Waals surface area (Å²) in [5, 5.41) is 6.25. The molecule has 0 aromatic rings. The SMILES string of the molecule is CN=CC(CCNC)=NCCCCNC. The Labute approximate surface area is 93.3 Å². The van der Waals surface area contributed by atoms with E-state index >= 15 is 0 Å². The van der Waals surface area contributed by atoms with Crippen molar-refractivity contribution in [3.05, 3.63) is 0 Å². The number of rotatable bonds is 9. The highest BCUT2D eigenvalue weighted by Gasteiger charge is 1.94. The van der Waals surface area contributed by atoms with Crippen molar-refractivity contribution in [2.45, 2.75) is 19.3 Å². The summed E-state index contributed by atoms with van der Waals surface area (Å²) >= 11 is 0. The monoisotopic (exact) mass is 212 g/mol. The molecule has 0 amide bonds. The number of hydrogen-bond donors (Lipinski definition) is 2. The minimum atomic E-state index is 0.909. The molecule has 0 unspecified atom stereocenters. The highest BCUT2D eigenvalue weighted by Crippen LogP contribution is 1.91. The molecular formula is C11H24N4. The van der Waals surface area contributed by atoms with Gasteiger partial charge in [-0.05, 0) is 33.5 Å². The molecule has 0 atom stereocenters. The standard InChI is InChI=1S/C11H24N4/c1-12-7-4-5-8-15-11(10-14-3)6-9-13-2/h10,12-13H,4-9H2,1-3H3. The van der Waals surface area contributed by atoms with Crippen molar-refractivity contribution in [3.63, 3.8) is 0 Å². The molecule has 4 nitrogen and oxygen atoms in total. The lowest BCUT2D eigenvalue weighted by molar-refractivity contribution is 0.684. The number of nitrogens with zero attached hydrogens (tertiary/aromatic N) is 2. The van der Waals surface area contributed by atoms with Gasteiger partial charge >= 0.3 is 0 Å². The summed E-state index contributed by atoms with van der Waals surface area (Å²) < 4.78 is 0. The van der Waals surface area contributed by atoms with E-state index in [0.717, 1.165) is 38.2 Å². The minimum Gasteiger partial charge on any atom is -0.320 e. The van der Waals surface area contributed by atoms with Crippen LogP contribution in [0.3, 0.4) is 0 Å². The Bertz CT molecular complexity index is 187. The molecule has 0 heterocycles. The Morgan fingerprint density at radius 1 is 1.13 bits per heavy atom. The summed E-state index contributed by atoms with van der Waals surface area (Å²) in [6.45, 7) is 2.94. The van der Waals surface area contributed by atoms with Gasteiger partial charge in [-0.3, -0.25) is 9.98 Å². The maximum Gasteiger partial charge on any atom is 0.0538 e. The van der Waals surface area contributed by atoms with Crippen molar-refractivity contribution in [3.8, 4) is 0 Å². The van der Waals surface area contributed by atoms with Gasteiger partial charge in [0, 0.05) is 32.8 Å². The number of hydrogen-bond acceptors (Lipinski definition) is 4. The second-order valence-corrected chi connectivity index (χ2v) is 3.42. The lowest BCUT2D eigenvalue weighted by Gasteiger charge is -2.01. The molecule has 0 aliphatic carbocycles. The molecule has 4 heteroatoms. The summed E-state index contributed by atoms with van der Waals surface area (Å²) in [5.74, 6) is 0. The van der Waals surface area contributed by atoms with Crippen LogP contribution in [0.4, 0.5) is 0 Å². The van der Waals surface area contributed by atoms with Crippen molar-refractivity contribution in [2.75, 3.05) is 40.8 Å². The first-order valence-electron chi connectivity index (χ1n) is 5.59. The summed E-state index contributed by atoms with van der Waals surface area (Å²) in [4.78, 5) is 8.53. The summed E-state index contributed by atoms with van der Waals surface area (Å²) in [7, 11) is 5.72. The normalized spacial score (nSPS) is 12.6. The second-order valence-electron chi connectivity index (χ2n) is 3.42. The molecule has 0 rings (SSSR count). The van der Waals surface area contributed by atoms with Crippen LogP contribution >= 0.6 is 0 Å². The fraction of sp³-hybridized carbons (Fsp3) is 0.818. The Morgan fingerprint density at radius 3 is 2.47 bits per heavy atom.